The highest BCUT2D eigenvalue weighted by molar-refractivity contribution is 7.89. The van der Waals surface area contributed by atoms with Gasteiger partial charge in [-0.3, -0.25) is 4.79 Å². The van der Waals surface area contributed by atoms with E-state index in [0.717, 1.165) is 15.3 Å². The zero-order valence-corrected chi connectivity index (χ0v) is 20.9. The monoisotopic (exact) mass is 492 g/mol. The van der Waals surface area contributed by atoms with Crippen LogP contribution in [0.2, 0.25) is 0 Å². The van der Waals surface area contributed by atoms with Crippen LogP contribution in [0.15, 0.2) is 77.7 Å². The van der Waals surface area contributed by atoms with Gasteiger partial charge in [0.2, 0.25) is 15.9 Å². The van der Waals surface area contributed by atoms with Crippen LogP contribution in [0.3, 0.4) is 0 Å². The minimum Gasteiger partial charge on any atom is -0.483 e. The number of nitrogens with one attached hydrogen (secondary N) is 1. The van der Waals surface area contributed by atoms with Crippen LogP contribution >= 0.6 is 0 Å². The third-order valence-corrected chi connectivity index (χ3v) is 7.59. The van der Waals surface area contributed by atoms with Crippen molar-refractivity contribution in [3.63, 3.8) is 0 Å². The molecule has 0 unspecified atom stereocenters. The molecule has 8 nitrogen and oxygen atoms in total. The van der Waals surface area contributed by atoms with E-state index in [-0.39, 0.29) is 17.3 Å². The van der Waals surface area contributed by atoms with Gasteiger partial charge in [-0.1, -0.05) is 36.4 Å². The molecule has 1 aromatic heterocycles. The Morgan fingerprint density at radius 3 is 2.46 bits per heavy atom. The Bertz CT molecular complexity index is 1460. The van der Waals surface area contributed by atoms with Gasteiger partial charge in [-0.2, -0.15) is 0 Å². The van der Waals surface area contributed by atoms with Gasteiger partial charge in [-0.05, 0) is 55.8 Å². The van der Waals surface area contributed by atoms with Crippen LogP contribution in [-0.4, -0.2) is 42.3 Å². The fraction of sp³-hybridized carbons (Fsp3) is 0.231. The number of carbonyl (C=O) groups is 1. The van der Waals surface area contributed by atoms with E-state index in [0.29, 0.717) is 22.8 Å². The summed E-state index contributed by atoms with van der Waals surface area (Å²) < 4.78 is 34.3. The van der Waals surface area contributed by atoms with Gasteiger partial charge in [-0.25, -0.2) is 17.7 Å². The Morgan fingerprint density at radius 2 is 1.74 bits per heavy atom. The second kappa shape index (κ2) is 9.89. The minimum atomic E-state index is -3.64. The molecule has 0 aliphatic rings. The number of carbonyl (C=O) groups excluding carboxylic acids is 1. The minimum absolute atomic E-state index is 0.0119. The molecule has 0 radical (unpaired) electrons. The molecule has 4 aromatic rings. The predicted molar refractivity (Wildman–Crippen MR) is 136 cm³/mol. The van der Waals surface area contributed by atoms with E-state index in [1.807, 2.05) is 66.1 Å². The topological polar surface area (TPSA) is 93.5 Å². The standard InChI is InChI=1S/C26H28N4O4S/c1-18-14-15-20(16-24(18)35(32,33)29(3)4)27-25(31)17-30-23-13-9-8-12-22(23)28-26(30)19(2)34-21-10-6-5-7-11-21/h5-16,19H,17H2,1-4H3,(H,27,31)/t19-/m1/s1. The number of sulfonamides is 1. The molecule has 0 aliphatic carbocycles. The molecule has 3 aromatic carbocycles. The fourth-order valence-electron chi connectivity index (χ4n) is 3.82. The van der Waals surface area contributed by atoms with Gasteiger partial charge in [0.15, 0.2) is 11.9 Å². The Kier molecular flexibility index (Phi) is 6.90. The van der Waals surface area contributed by atoms with Crippen LogP contribution in [0.1, 0.15) is 24.4 Å². The van der Waals surface area contributed by atoms with E-state index in [4.69, 9.17) is 9.72 Å². The van der Waals surface area contributed by atoms with Crippen molar-refractivity contribution < 1.29 is 17.9 Å². The van der Waals surface area contributed by atoms with Crippen molar-refractivity contribution >= 4 is 32.7 Å². The number of rotatable bonds is 8. The van der Waals surface area contributed by atoms with Crippen LogP contribution in [0.5, 0.6) is 5.75 Å². The molecule has 0 aliphatic heterocycles. The number of anilines is 1. The van der Waals surface area contributed by atoms with Gasteiger partial charge >= 0.3 is 0 Å². The lowest BCUT2D eigenvalue weighted by atomic mass is 10.2. The van der Waals surface area contributed by atoms with Crippen molar-refractivity contribution in [2.45, 2.75) is 31.4 Å². The number of amides is 1. The van der Waals surface area contributed by atoms with Crippen molar-refractivity contribution in [1.29, 1.82) is 0 Å². The Balaban J connectivity index is 1.61. The molecule has 0 fully saturated rings. The first-order valence-electron chi connectivity index (χ1n) is 11.2. The average Bonchev–Trinajstić information content (AvgIpc) is 3.19. The summed E-state index contributed by atoms with van der Waals surface area (Å²) in [7, 11) is -0.689. The molecule has 1 N–H and O–H groups in total. The average molecular weight is 493 g/mol. The summed E-state index contributed by atoms with van der Waals surface area (Å²) in [6.45, 7) is 3.60. The van der Waals surface area contributed by atoms with Crippen LogP contribution in [0.25, 0.3) is 11.0 Å². The molecule has 182 valence electrons. The first kappa shape index (κ1) is 24.4. The lowest BCUT2D eigenvalue weighted by Gasteiger charge is -2.17. The van der Waals surface area contributed by atoms with E-state index in [9.17, 15) is 13.2 Å². The molecular formula is C26H28N4O4S. The highest BCUT2D eigenvalue weighted by atomic mass is 32.2. The quantitative estimate of drug-likeness (QED) is 0.394. The Hall–Kier alpha value is -3.69. The lowest BCUT2D eigenvalue weighted by Crippen LogP contribution is -2.24. The number of aryl methyl sites for hydroxylation is 1. The molecule has 0 saturated carbocycles. The molecule has 0 saturated heterocycles. The number of imidazole rings is 1. The molecule has 4 rings (SSSR count). The van der Waals surface area contributed by atoms with Crippen molar-refractivity contribution in [3.8, 4) is 5.75 Å². The molecule has 0 spiro atoms. The maximum atomic E-state index is 13.1. The van der Waals surface area contributed by atoms with Crippen molar-refractivity contribution in [3.05, 3.63) is 84.2 Å². The van der Waals surface area contributed by atoms with Gasteiger partial charge in [0.25, 0.3) is 0 Å². The van der Waals surface area contributed by atoms with Crippen LogP contribution in [-0.2, 0) is 21.4 Å². The smallest absolute Gasteiger partial charge is 0.244 e. The number of fused-ring (bicyclic) bond motifs is 1. The van der Waals surface area contributed by atoms with Gasteiger partial charge in [0, 0.05) is 19.8 Å². The van der Waals surface area contributed by atoms with Crippen LogP contribution in [0, 0.1) is 6.92 Å². The lowest BCUT2D eigenvalue weighted by molar-refractivity contribution is -0.116. The molecular weight excluding hydrogens is 464 g/mol. The van der Waals surface area contributed by atoms with Crippen LogP contribution < -0.4 is 10.1 Å². The number of para-hydroxylation sites is 3. The Labute approximate surface area is 205 Å². The SMILES string of the molecule is Cc1ccc(NC(=O)Cn2c([C@@H](C)Oc3ccccc3)nc3ccccc32)cc1S(=O)(=O)N(C)C. The number of benzene rings is 3. The van der Waals surface area contributed by atoms with Gasteiger partial charge in [0.1, 0.15) is 12.3 Å². The normalized spacial score (nSPS) is 12.6. The summed E-state index contributed by atoms with van der Waals surface area (Å²) in [5.74, 6) is 1.01. The number of nitrogens with zero attached hydrogens (tertiary/aromatic N) is 3. The van der Waals surface area contributed by atoms with Crippen molar-refractivity contribution in [2.24, 2.45) is 0 Å². The number of ether oxygens (including phenoxy) is 1. The number of hydrogen-bond donors (Lipinski definition) is 1. The molecule has 1 heterocycles. The third kappa shape index (κ3) is 5.21. The maximum absolute atomic E-state index is 13.1. The fourth-order valence-corrected chi connectivity index (χ4v) is 4.97. The highest BCUT2D eigenvalue weighted by Crippen LogP contribution is 2.26. The summed E-state index contributed by atoms with van der Waals surface area (Å²) in [6.07, 6.45) is -0.409. The van der Waals surface area contributed by atoms with Gasteiger partial charge < -0.3 is 14.6 Å². The van der Waals surface area contributed by atoms with Crippen molar-refractivity contribution in [2.75, 3.05) is 19.4 Å². The zero-order chi connectivity index (χ0) is 25.2. The van der Waals surface area contributed by atoms with Gasteiger partial charge in [0.05, 0.1) is 15.9 Å². The van der Waals surface area contributed by atoms with E-state index < -0.39 is 16.1 Å². The third-order valence-electron chi connectivity index (χ3n) is 5.64. The molecule has 9 heteroatoms. The summed E-state index contributed by atoms with van der Waals surface area (Å²) in [5.41, 5.74) is 2.57. The Morgan fingerprint density at radius 1 is 1.06 bits per heavy atom. The number of hydrogen-bond acceptors (Lipinski definition) is 5. The maximum Gasteiger partial charge on any atom is 0.244 e. The second-order valence-electron chi connectivity index (χ2n) is 8.43. The van der Waals surface area contributed by atoms with E-state index in [2.05, 4.69) is 5.32 Å². The summed E-state index contributed by atoms with van der Waals surface area (Å²) in [4.78, 5) is 17.9. The predicted octanol–water partition coefficient (Wildman–Crippen LogP) is 4.37. The summed E-state index contributed by atoms with van der Waals surface area (Å²) >= 11 is 0. The zero-order valence-electron chi connectivity index (χ0n) is 20.1. The molecule has 1 atom stereocenters. The first-order chi connectivity index (χ1) is 16.7. The van der Waals surface area contributed by atoms with Gasteiger partial charge in [-0.15, -0.1) is 0 Å². The molecule has 0 bridgehead atoms. The highest BCUT2D eigenvalue weighted by Gasteiger charge is 2.22. The van der Waals surface area contributed by atoms with Crippen LogP contribution in [0.4, 0.5) is 5.69 Å². The summed E-state index contributed by atoms with van der Waals surface area (Å²) in [5, 5.41) is 2.83. The first-order valence-corrected chi connectivity index (χ1v) is 12.6. The molecule has 35 heavy (non-hydrogen) atoms. The van der Waals surface area contributed by atoms with E-state index in [1.54, 1.807) is 19.1 Å². The molecule has 1 amide bonds. The summed E-state index contributed by atoms with van der Waals surface area (Å²) in [6, 6.07) is 21.9. The van der Waals surface area contributed by atoms with Crippen molar-refractivity contribution in [1.82, 2.24) is 13.9 Å². The largest absolute Gasteiger partial charge is 0.483 e. The van der Waals surface area contributed by atoms with E-state index in [1.165, 1.54) is 20.2 Å². The second-order valence-corrected chi connectivity index (χ2v) is 10.6. The number of aromatic nitrogens is 2. The van der Waals surface area contributed by atoms with E-state index >= 15 is 0 Å².